The smallest absolute Gasteiger partial charge is 0.259 e. The number of aromatic nitrogens is 1. The first-order chi connectivity index (χ1) is 12.0. The second-order valence-corrected chi connectivity index (χ2v) is 6.46. The Hall–Kier alpha value is -2.47. The van der Waals surface area contributed by atoms with Crippen molar-refractivity contribution >= 4 is 17.5 Å². The molecule has 1 saturated heterocycles. The van der Waals surface area contributed by atoms with E-state index in [1.54, 1.807) is 18.2 Å². The molecule has 25 heavy (non-hydrogen) atoms. The van der Waals surface area contributed by atoms with Gasteiger partial charge in [-0.3, -0.25) is 4.79 Å². The van der Waals surface area contributed by atoms with Crippen molar-refractivity contribution in [1.82, 2.24) is 9.88 Å². The molecule has 1 aliphatic heterocycles. The van der Waals surface area contributed by atoms with Gasteiger partial charge in [-0.05, 0) is 57.2 Å². The zero-order valence-electron chi connectivity index (χ0n) is 14.6. The molecule has 6 heteroatoms. The molecule has 2 aromatic rings. The van der Waals surface area contributed by atoms with Gasteiger partial charge in [-0.25, -0.2) is 9.37 Å². The number of piperidine rings is 1. The van der Waals surface area contributed by atoms with E-state index in [0.717, 1.165) is 31.7 Å². The Morgan fingerprint density at radius 3 is 2.64 bits per heavy atom. The highest BCUT2D eigenvalue weighted by Gasteiger charge is 2.21. The van der Waals surface area contributed by atoms with Crippen molar-refractivity contribution in [1.29, 1.82) is 0 Å². The molecular formula is C19H23FN4O. The maximum Gasteiger partial charge on any atom is 0.259 e. The van der Waals surface area contributed by atoms with Crippen molar-refractivity contribution in [3.63, 3.8) is 0 Å². The normalized spacial score (nSPS) is 15.8. The molecule has 1 aromatic heterocycles. The van der Waals surface area contributed by atoms with Crippen LogP contribution in [0.3, 0.4) is 0 Å². The number of hydrogen-bond donors (Lipinski definition) is 1. The molecule has 0 bridgehead atoms. The second-order valence-electron chi connectivity index (χ2n) is 6.46. The van der Waals surface area contributed by atoms with E-state index in [-0.39, 0.29) is 5.56 Å². The maximum absolute atomic E-state index is 13.7. The standard InChI is InChI=1S/C19H23FN4O/c1-23-12-10-14(11-13-23)24(2)18-9-5-8-17(21-18)22-19(25)15-6-3-4-7-16(15)20/h3-9,14H,10-13H2,1-2H3,(H,21,22,25). The number of anilines is 2. The van der Waals surface area contributed by atoms with Gasteiger partial charge in [0.15, 0.2) is 0 Å². The summed E-state index contributed by atoms with van der Waals surface area (Å²) in [5, 5.41) is 2.68. The fraction of sp³-hybridized carbons (Fsp3) is 0.368. The minimum Gasteiger partial charge on any atom is -0.357 e. The van der Waals surface area contributed by atoms with Gasteiger partial charge in [-0.1, -0.05) is 18.2 Å². The summed E-state index contributed by atoms with van der Waals surface area (Å²) in [5.74, 6) is 0.190. The molecule has 5 nitrogen and oxygen atoms in total. The van der Waals surface area contributed by atoms with Crippen molar-refractivity contribution in [2.24, 2.45) is 0 Å². The Kier molecular flexibility index (Phi) is 5.28. The highest BCUT2D eigenvalue weighted by atomic mass is 19.1. The monoisotopic (exact) mass is 342 g/mol. The van der Waals surface area contributed by atoms with Crippen molar-refractivity contribution in [2.45, 2.75) is 18.9 Å². The van der Waals surface area contributed by atoms with Gasteiger partial charge < -0.3 is 15.1 Å². The predicted molar refractivity (Wildman–Crippen MR) is 97.5 cm³/mol. The highest BCUT2D eigenvalue weighted by Crippen LogP contribution is 2.21. The SMILES string of the molecule is CN1CCC(N(C)c2cccc(NC(=O)c3ccccc3F)n2)CC1. The summed E-state index contributed by atoms with van der Waals surface area (Å²) < 4.78 is 13.7. The molecule has 2 heterocycles. The zero-order chi connectivity index (χ0) is 17.8. The minimum atomic E-state index is -0.542. The molecule has 1 fully saturated rings. The molecule has 1 N–H and O–H groups in total. The van der Waals surface area contributed by atoms with Crippen molar-refractivity contribution in [3.05, 3.63) is 53.8 Å². The summed E-state index contributed by atoms with van der Waals surface area (Å²) in [7, 11) is 4.16. The van der Waals surface area contributed by atoms with E-state index in [9.17, 15) is 9.18 Å². The second kappa shape index (κ2) is 7.61. The van der Waals surface area contributed by atoms with E-state index in [1.807, 2.05) is 19.2 Å². The molecule has 132 valence electrons. The van der Waals surface area contributed by atoms with Gasteiger partial charge in [0.05, 0.1) is 5.56 Å². The van der Waals surface area contributed by atoms with E-state index in [4.69, 9.17) is 0 Å². The van der Waals surface area contributed by atoms with Crippen molar-refractivity contribution < 1.29 is 9.18 Å². The van der Waals surface area contributed by atoms with Crippen molar-refractivity contribution in [2.75, 3.05) is 37.4 Å². The fourth-order valence-corrected chi connectivity index (χ4v) is 3.09. The summed E-state index contributed by atoms with van der Waals surface area (Å²) >= 11 is 0. The van der Waals surface area contributed by atoms with Gasteiger partial charge in [0.2, 0.25) is 0 Å². The number of nitrogens with one attached hydrogen (secondary N) is 1. The molecule has 1 aromatic carbocycles. The van der Waals surface area contributed by atoms with Crippen LogP contribution >= 0.6 is 0 Å². The third-order valence-electron chi connectivity index (χ3n) is 4.69. The lowest BCUT2D eigenvalue weighted by molar-refractivity contribution is 0.102. The zero-order valence-corrected chi connectivity index (χ0v) is 14.6. The molecular weight excluding hydrogens is 319 g/mol. The van der Waals surface area contributed by atoms with Gasteiger partial charge >= 0.3 is 0 Å². The summed E-state index contributed by atoms with van der Waals surface area (Å²) in [6, 6.07) is 11.8. The van der Waals surface area contributed by atoms with E-state index in [2.05, 4.69) is 27.1 Å². The average Bonchev–Trinajstić information content (AvgIpc) is 2.62. The van der Waals surface area contributed by atoms with Crippen LogP contribution in [0.1, 0.15) is 23.2 Å². The van der Waals surface area contributed by atoms with Crippen LogP contribution in [0, 0.1) is 5.82 Å². The first kappa shape index (κ1) is 17.4. The molecule has 0 radical (unpaired) electrons. The number of halogens is 1. The van der Waals surface area contributed by atoms with Gasteiger partial charge in [0, 0.05) is 13.1 Å². The number of pyridine rings is 1. The minimum absolute atomic E-state index is 0.0124. The summed E-state index contributed by atoms with van der Waals surface area (Å²) in [4.78, 5) is 21.2. The summed E-state index contributed by atoms with van der Waals surface area (Å²) in [6.07, 6.45) is 2.17. The Bertz CT molecular complexity index is 744. The summed E-state index contributed by atoms with van der Waals surface area (Å²) in [5.41, 5.74) is 0.0124. The Morgan fingerprint density at radius 1 is 1.20 bits per heavy atom. The van der Waals surface area contributed by atoms with Crippen LogP contribution in [0.25, 0.3) is 0 Å². The number of carbonyl (C=O) groups excluding carboxylic acids is 1. The van der Waals surface area contributed by atoms with Crippen LogP contribution in [-0.4, -0.2) is 49.0 Å². The summed E-state index contributed by atoms with van der Waals surface area (Å²) in [6.45, 7) is 2.14. The molecule has 0 unspecified atom stereocenters. The first-order valence-electron chi connectivity index (χ1n) is 8.49. The lowest BCUT2D eigenvalue weighted by Crippen LogP contribution is -2.42. The topological polar surface area (TPSA) is 48.5 Å². The van der Waals surface area contributed by atoms with Crippen LogP contribution in [0.2, 0.25) is 0 Å². The Morgan fingerprint density at radius 2 is 1.92 bits per heavy atom. The maximum atomic E-state index is 13.7. The number of carbonyl (C=O) groups is 1. The van der Waals surface area contributed by atoms with Crippen LogP contribution in [0.5, 0.6) is 0 Å². The average molecular weight is 342 g/mol. The largest absolute Gasteiger partial charge is 0.357 e. The Balaban J connectivity index is 1.71. The van der Waals surface area contributed by atoms with E-state index >= 15 is 0 Å². The fourth-order valence-electron chi connectivity index (χ4n) is 3.09. The molecule has 1 amide bonds. The number of rotatable bonds is 4. The van der Waals surface area contributed by atoms with Crippen LogP contribution in [0.15, 0.2) is 42.5 Å². The molecule has 3 rings (SSSR count). The van der Waals surface area contributed by atoms with E-state index < -0.39 is 11.7 Å². The van der Waals surface area contributed by atoms with Gasteiger partial charge in [0.25, 0.3) is 5.91 Å². The Labute approximate surface area is 147 Å². The quantitative estimate of drug-likeness (QED) is 0.928. The van der Waals surface area contributed by atoms with Gasteiger partial charge in [-0.2, -0.15) is 0 Å². The number of amides is 1. The first-order valence-corrected chi connectivity index (χ1v) is 8.49. The van der Waals surface area contributed by atoms with Crippen LogP contribution in [0.4, 0.5) is 16.0 Å². The van der Waals surface area contributed by atoms with Crippen LogP contribution in [-0.2, 0) is 0 Å². The third-order valence-corrected chi connectivity index (χ3v) is 4.69. The molecule has 0 saturated carbocycles. The van der Waals surface area contributed by atoms with Gasteiger partial charge in [0.1, 0.15) is 17.5 Å². The van der Waals surface area contributed by atoms with Gasteiger partial charge in [-0.15, -0.1) is 0 Å². The van der Waals surface area contributed by atoms with E-state index in [1.165, 1.54) is 12.1 Å². The number of nitrogens with zero attached hydrogens (tertiary/aromatic N) is 3. The predicted octanol–water partition coefficient (Wildman–Crippen LogP) is 3.00. The number of hydrogen-bond acceptors (Lipinski definition) is 4. The van der Waals surface area contributed by atoms with Crippen LogP contribution < -0.4 is 10.2 Å². The van der Waals surface area contributed by atoms with E-state index in [0.29, 0.717) is 11.9 Å². The third kappa shape index (κ3) is 4.14. The molecule has 1 aliphatic rings. The molecule has 0 spiro atoms. The van der Waals surface area contributed by atoms with Crippen molar-refractivity contribution in [3.8, 4) is 0 Å². The number of likely N-dealkylation sites (tertiary alicyclic amines) is 1. The highest BCUT2D eigenvalue weighted by molar-refractivity contribution is 6.04. The lowest BCUT2D eigenvalue weighted by atomic mass is 10.0. The lowest BCUT2D eigenvalue weighted by Gasteiger charge is -2.35. The number of benzene rings is 1. The molecule has 0 aliphatic carbocycles. The molecule has 0 atom stereocenters.